The molecule has 37 heavy (non-hydrogen) atoms. The van der Waals surface area contributed by atoms with Crippen LogP contribution in [0.25, 0.3) is 0 Å². The summed E-state index contributed by atoms with van der Waals surface area (Å²) < 4.78 is 73.1. The second-order valence-electron chi connectivity index (χ2n) is 8.75. The highest BCUT2D eigenvalue weighted by atomic mass is 127. The Hall–Kier alpha value is -2.30. The molecule has 9 nitrogen and oxygen atoms in total. The first-order valence-corrected chi connectivity index (χ1v) is 14.2. The number of nitrogens with zero attached hydrogens (tertiary/aromatic N) is 2. The van der Waals surface area contributed by atoms with Crippen molar-refractivity contribution in [1.82, 2.24) is 19.8 Å². The first-order chi connectivity index (χ1) is 17.5. The number of anilines is 3. The molecule has 0 aliphatic carbocycles. The molecule has 4 N–H and O–H groups in total. The number of hydrogen-bond donors (Lipinski definition) is 4. The van der Waals surface area contributed by atoms with Crippen LogP contribution in [-0.4, -0.2) is 70.0 Å². The van der Waals surface area contributed by atoms with Gasteiger partial charge in [-0.2, -0.15) is 12.7 Å². The molecule has 1 heterocycles. The summed E-state index contributed by atoms with van der Waals surface area (Å²) in [6.45, 7) is 1.64. The lowest BCUT2D eigenvalue weighted by Gasteiger charge is -2.32. The quantitative estimate of drug-likeness (QED) is 0.231. The molecule has 0 atom stereocenters. The highest BCUT2D eigenvalue weighted by Crippen LogP contribution is 2.33. The first kappa shape index (κ1) is 29.3. The van der Waals surface area contributed by atoms with E-state index in [-0.39, 0.29) is 36.5 Å². The predicted molar refractivity (Wildman–Crippen MR) is 146 cm³/mol. The van der Waals surface area contributed by atoms with Crippen molar-refractivity contribution >= 4 is 55.9 Å². The van der Waals surface area contributed by atoms with E-state index in [1.807, 2.05) is 22.6 Å². The van der Waals surface area contributed by atoms with Crippen molar-refractivity contribution in [2.75, 3.05) is 50.3 Å². The molecular formula is C23H30F3IN6O3S. The maximum absolute atomic E-state index is 14.6. The Balaban J connectivity index is 1.59. The van der Waals surface area contributed by atoms with Gasteiger partial charge in [-0.25, -0.2) is 18.0 Å². The molecule has 3 rings (SSSR count). The third-order valence-electron chi connectivity index (χ3n) is 5.79. The van der Waals surface area contributed by atoms with Crippen LogP contribution in [0.3, 0.4) is 0 Å². The van der Waals surface area contributed by atoms with E-state index in [2.05, 4.69) is 20.7 Å². The van der Waals surface area contributed by atoms with E-state index >= 15 is 0 Å². The molecule has 0 radical (unpaired) electrons. The summed E-state index contributed by atoms with van der Waals surface area (Å²) in [6, 6.07) is 5.99. The molecule has 2 aromatic rings. The van der Waals surface area contributed by atoms with Gasteiger partial charge in [-0.3, -0.25) is 4.72 Å². The Morgan fingerprint density at radius 3 is 2.38 bits per heavy atom. The van der Waals surface area contributed by atoms with Crippen molar-refractivity contribution in [2.24, 2.45) is 0 Å². The van der Waals surface area contributed by atoms with E-state index in [1.165, 1.54) is 21.3 Å². The van der Waals surface area contributed by atoms with E-state index in [9.17, 15) is 26.4 Å². The lowest BCUT2D eigenvalue weighted by Crippen LogP contribution is -2.47. The largest absolute Gasteiger partial charge is 0.349 e. The number of halogens is 4. The van der Waals surface area contributed by atoms with Gasteiger partial charge in [-0.15, -0.1) is 0 Å². The number of nitrogens with one attached hydrogen (secondary N) is 4. The minimum atomic E-state index is -4.09. The zero-order valence-corrected chi connectivity index (χ0v) is 23.4. The van der Waals surface area contributed by atoms with Crippen LogP contribution >= 0.6 is 22.6 Å². The summed E-state index contributed by atoms with van der Waals surface area (Å²) in [4.78, 5) is 13.0. The number of amides is 2. The minimum absolute atomic E-state index is 0.111. The van der Waals surface area contributed by atoms with Gasteiger partial charge in [0.05, 0.1) is 11.4 Å². The maximum Gasteiger partial charge on any atom is 0.316 e. The predicted octanol–water partition coefficient (Wildman–Crippen LogP) is 3.82. The fourth-order valence-electron chi connectivity index (χ4n) is 3.74. The van der Waals surface area contributed by atoms with Crippen molar-refractivity contribution in [3.05, 3.63) is 51.4 Å². The summed E-state index contributed by atoms with van der Waals surface area (Å²) in [5.41, 5.74) is -0.878. The highest BCUT2D eigenvalue weighted by molar-refractivity contribution is 14.1. The summed E-state index contributed by atoms with van der Waals surface area (Å²) >= 11 is 1.91. The van der Waals surface area contributed by atoms with Crippen molar-refractivity contribution in [3.8, 4) is 0 Å². The summed E-state index contributed by atoms with van der Waals surface area (Å²) in [6.07, 6.45) is 1.84. The average molecular weight is 654 g/mol. The molecule has 1 aliphatic heterocycles. The minimum Gasteiger partial charge on any atom is -0.349 e. The molecule has 0 aromatic heterocycles. The third kappa shape index (κ3) is 8.09. The molecule has 0 spiro atoms. The van der Waals surface area contributed by atoms with Gasteiger partial charge < -0.3 is 20.9 Å². The zero-order valence-electron chi connectivity index (χ0n) is 20.5. The lowest BCUT2D eigenvalue weighted by molar-refractivity contribution is 0.217. The molecule has 0 bridgehead atoms. The maximum atomic E-state index is 14.6. The van der Waals surface area contributed by atoms with Crippen LogP contribution in [-0.2, 0) is 10.2 Å². The summed E-state index contributed by atoms with van der Waals surface area (Å²) in [5.74, 6) is -3.23. The molecule has 1 fully saturated rings. The van der Waals surface area contributed by atoms with Gasteiger partial charge in [0.15, 0.2) is 11.6 Å². The molecule has 1 aliphatic rings. The highest BCUT2D eigenvalue weighted by Gasteiger charge is 2.29. The number of benzene rings is 2. The number of carbonyl (C=O) groups is 1. The van der Waals surface area contributed by atoms with Crippen molar-refractivity contribution in [3.63, 3.8) is 0 Å². The van der Waals surface area contributed by atoms with E-state index in [0.29, 0.717) is 29.5 Å². The van der Waals surface area contributed by atoms with E-state index in [4.69, 9.17) is 0 Å². The second kappa shape index (κ2) is 13.0. The van der Waals surface area contributed by atoms with Crippen LogP contribution in [0.5, 0.6) is 0 Å². The van der Waals surface area contributed by atoms with Crippen LogP contribution in [0.2, 0.25) is 0 Å². The Bertz CT molecular complexity index is 1210. The van der Waals surface area contributed by atoms with Crippen molar-refractivity contribution in [1.29, 1.82) is 0 Å². The van der Waals surface area contributed by atoms with Crippen molar-refractivity contribution < 1.29 is 26.4 Å². The number of urea groups is 1. The molecule has 2 aromatic carbocycles. The van der Waals surface area contributed by atoms with Crippen molar-refractivity contribution in [2.45, 2.75) is 25.3 Å². The molecule has 1 saturated heterocycles. The van der Waals surface area contributed by atoms with Gasteiger partial charge in [-0.05, 0) is 78.7 Å². The smallest absolute Gasteiger partial charge is 0.316 e. The number of piperidine rings is 1. The van der Waals surface area contributed by atoms with Crippen LogP contribution in [0.15, 0.2) is 30.3 Å². The number of rotatable bonds is 10. The van der Waals surface area contributed by atoms with Gasteiger partial charge in [0.1, 0.15) is 11.5 Å². The van der Waals surface area contributed by atoms with Gasteiger partial charge in [0.25, 0.3) is 0 Å². The molecule has 0 saturated carbocycles. The number of hydrogen-bond acceptors (Lipinski definition) is 5. The van der Waals surface area contributed by atoms with E-state index in [1.54, 1.807) is 20.2 Å². The van der Waals surface area contributed by atoms with Crippen LogP contribution in [0.4, 0.5) is 35.0 Å². The summed E-state index contributed by atoms with van der Waals surface area (Å²) in [5, 5.41) is 8.62. The molecule has 14 heteroatoms. The fraction of sp³-hybridized carbons (Fsp3) is 0.435. The van der Waals surface area contributed by atoms with Gasteiger partial charge in [0.2, 0.25) is 0 Å². The Morgan fingerprint density at radius 1 is 1.05 bits per heavy atom. The first-order valence-electron chi connectivity index (χ1n) is 11.6. The molecule has 204 valence electrons. The zero-order chi connectivity index (χ0) is 27.2. The summed E-state index contributed by atoms with van der Waals surface area (Å²) in [7, 11) is -0.760. The monoisotopic (exact) mass is 654 g/mol. The molecular weight excluding hydrogens is 624 g/mol. The van der Waals surface area contributed by atoms with Crippen LogP contribution < -0.4 is 20.7 Å². The van der Waals surface area contributed by atoms with Gasteiger partial charge in [0, 0.05) is 43.3 Å². The Kier molecular flexibility index (Phi) is 10.3. The fourth-order valence-corrected chi connectivity index (χ4v) is 5.46. The SMILES string of the molecule is CN(C)C(=O)NCCCNC1CCN(S(=O)(=O)Nc2ccc(F)c(F)c2Nc2ccc(I)cc2F)CC1. The van der Waals surface area contributed by atoms with E-state index in [0.717, 1.165) is 18.6 Å². The standard InChI is InChI=1S/C23H30F3IN6O3S/c1-32(2)23(34)29-11-3-10-28-16-8-12-33(13-9-16)37(35,36)31-20-7-5-17(24)21(26)22(20)30-19-6-4-15(27)14-18(19)25/h4-7,14,16,28,30-31H,3,8-13H2,1-2H3,(H,29,34). The third-order valence-corrected chi connectivity index (χ3v) is 7.98. The lowest BCUT2D eigenvalue weighted by atomic mass is 10.1. The molecule has 2 amide bonds. The average Bonchev–Trinajstić information content (AvgIpc) is 2.84. The molecule has 0 unspecified atom stereocenters. The van der Waals surface area contributed by atoms with Crippen LogP contribution in [0.1, 0.15) is 19.3 Å². The second-order valence-corrected chi connectivity index (χ2v) is 11.7. The Labute approximate surface area is 228 Å². The van der Waals surface area contributed by atoms with Crippen LogP contribution in [0, 0.1) is 21.0 Å². The number of carbonyl (C=O) groups excluding carboxylic acids is 1. The topological polar surface area (TPSA) is 106 Å². The van der Waals surface area contributed by atoms with E-state index < -0.39 is 33.3 Å². The Morgan fingerprint density at radius 2 is 1.73 bits per heavy atom. The normalized spacial score (nSPS) is 14.9. The van der Waals surface area contributed by atoms with Gasteiger partial charge >= 0.3 is 16.2 Å². The van der Waals surface area contributed by atoms with Gasteiger partial charge in [-0.1, -0.05) is 0 Å².